The predicted molar refractivity (Wildman–Crippen MR) is 101 cm³/mol. The number of methoxy groups -OCH3 is 1. The van der Waals surface area contributed by atoms with Crippen LogP contribution in [0.5, 0.6) is 5.75 Å². The van der Waals surface area contributed by atoms with Crippen LogP contribution in [0.15, 0.2) is 33.5 Å². The van der Waals surface area contributed by atoms with Crippen LogP contribution < -0.4 is 15.7 Å². The average molecular weight is 353 g/mol. The van der Waals surface area contributed by atoms with Crippen molar-refractivity contribution in [2.45, 2.75) is 45.1 Å². The number of hydrogen-bond acceptors (Lipinski definition) is 4. The first kappa shape index (κ1) is 16.4. The van der Waals surface area contributed by atoms with E-state index in [1.165, 1.54) is 38.5 Å². The second-order valence-electron chi connectivity index (χ2n) is 8.97. The lowest BCUT2D eigenvalue weighted by Gasteiger charge is -2.57. The van der Waals surface area contributed by atoms with Crippen molar-refractivity contribution in [3.05, 3.63) is 40.2 Å². The zero-order valence-corrected chi connectivity index (χ0v) is 15.4. The van der Waals surface area contributed by atoms with Gasteiger partial charge in [-0.05, 0) is 79.4 Å². The minimum Gasteiger partial charge on any atom is -0.497 e. The molecular weight excluding hydrogens is 326 g/mol. The van der Waals surface area contributed by atoms with E-state index in [0.717, 1.165) is 41.8 Å². The summed E-state index contributed by atoms with van der Waals surface area (Å²) in [4.78, 5) is 12.0. The van der Waals surface area contributed by atoms with Gasteiger partial charge in [0, 0.05) is 30.6 Å². The zero-order valence-electron chi connectivity index (χ0n) is 15.4. The molecule has 6 rings (SSSR count). The maximum absolute atomic E-state index is 12.0. The normalized spacial score (nSPS) is 32.3. The van der Waals surface area contributed by atoms with Gasteiger partial charge in [-0.3, -0.25) is 0 Å². The molecule has 4 heteroatoms. The first-order valence-electron chi connectivity index (χ1n) is 9.94. The Bertz CT molecular complexity index is 849. The molecule has 0 aliphatic heterocycles. The summed E-state index contributed by atoms with van der Waals surface area (Å²) < 4.78 is 10.6. The molecule has 138 valence electrons. The Balaban J connectivity index is 1.33. The maximum Gasteiger partial charge on any atom is 0.336 e. The molecule has 4 saturated carbocycles. The van der Waals surface area contributed by atoms with Gasteiger partial charge in [0.05, 0.1) is 7.11 Å². The molecule has 0 spiro atoms. The summed E-state index contributed by atoms with van der Waals surface area (Å²) >= 11 is 0. The minimum atomic E-state index is -0.294. The number of rotatable bonds is 5. The lowest BCUT2D eigenvalue weighted by Crippen LogP contribution is -2.50. The molecule has 4 aliphatic carbocycles. The van der Waals surface area contributed by atoms with Gasteiger partial charge < -0.3 is 14.5 Å². The van der Waals surface area contributed by atoms with E-state index >= 15 is 0 Å². The highest BCUT2D eigenvalue weighted by Crippen LogP contribution is 2.59. The van der Waals surface area contributed by atoms with Gasteiger partial charge in [-0.1, -0.05) is 0 Å². The average Bonchev–Trinajstić information content (AvgIpc) is 2.59. The molecule has 1 heterocycles. The molecule has 0 amide bonds. The molecule has 26 heavy (non-hydrogen) atoms. The van der Waals surface area contributed by atoms with E-state index in [4.69, 9.17) is 9.15 Å². The summed E-state index contributed by atoms with van der Waals surface area (Å²) in [7, 11) is 1.62. The van der Waals surface area contributed by atoms with Crippen molar-refractivity contribution >= 4 is 11.0 Å². The fourth-order valence-electron chi connectivity index (χ4n) is 6.45. The smallest absolute Gasteiger partial charge is 0.336 e. The van der Waals surface area contributed by atoms with Crippen LogP contribution in [0.4, 0.5) is 0 Å². The highest BCUT2D eigenvalue weighted by atomic mass is 16.5. The van der Waals surface area contributed by atoms with E-state index in [0.29, 0.717) is 16.7 Å². The molecule has 0 atom stereocenters. The second kappa shape index (κ2) is 6.12. The molecular formula is C22H27NO3. The Morgan fingerprint density at radius 2 is 1.81 bits per heavy atom. The molecule has 4 fully saturated rings. The molecule has 1 aromatic carbocycles. The topological polar surface area (TPSA) is 51.5 Å². The SMILES string of the molecule is COc1ccc2c(CNCC34CC5CC(CC(C5)C3)C4)cc(=O)oc2c1. The van der Waals surface area contributed by atoms with E-state index in [-0.39, 0.29) is 5.63 Å². The summed E-state index contributed by atoms with van der Waals surface area (Å²) in [6, 6.07) is 7.32. The van der Waals surface area contributed by atoms with Crippen LogP contribution in [0.2, 0.25) is 0 Å². The molecule has 0 radical (unpaired) electrons. The quantitative estimate of drug-likeness (QED) is 0.822. The van der Waals surface area contributed by atoms with Crippen LogP contribution in [0.1, 0.15) is 44.1 Å². The standard InChI is InChI=1S/C22H27NO3/c1-25-18-2-3-19-17(7-21(24)26-20(19)8-18)12-23-13-22-9-14-4-15(10-22)6-16(5-14)11-22/h2-3,7-8,14-16,23H,4-6,9-13H2,1H3. The summed E-state index contributed by atoms with van der Waals surface area (Å²) in [5, 5.41) is 4.68. The number of ether oxygens (including phenoxy) is 1. The van der Waals surface area contributed by atoms with Gasteiger partial charge in [0.25, 0.3) is 0 Å². The first-order chi connectivity index (χ1) is 12.6. The van der Waals surface area contributed by atoms with Crippen LogP contribution in [-0.2, 0) is 6.54 Å². The van der Waals surface area contributed by atoms with Crippen LogP contribution in [0, 0.1) is 23.2 Å². The predicted octanol–water partition coefficient (Wildman–Crippen LogP) is 4.11. The first-order valence-corrected chi connectivity index (χ1v) is 9.94. The molecule has 1 aromatic heterocycles. The molecule has 1 N–H and O–H groups in total. The second-order valence-corrected chi connectivity index (χ2v) is 8.97. The Morgan fingerprint density at radius 1 is 1.12 bits per heavy atom. The largest absolute Gasteiger partial charge is 0.497 e. The fourth-order valence-corrected chi connectivity index (χ4v) is 6.45. The lowest BCUT2D eigenvalue weighted by atomic mass is 9.49. The van der Waals surface area contributed by atoms with Crippen molar-refractivity contribution in [3.8, 4) is 5.75 Å². The van der Waals surface area contributed by atoms with Crippen LogP contribution in [0.3, 0.4) is 0 Å². The molecule has 4 nitrogen and oxygen atoms in total. The number of nitrogens with one attached hydrogen (secondary N) is 1. The summed E-state index contributed by atoms with van der Waals surface area (Å²) in [5.41, 5.74) is 1.83. The highest BCUT2D eigenvalue weighted by Gasteiger charge is 2.50. The van der Waals surface area contributed by atoms with Gasteiger partial charge in [0.2, 0.25) is 0 Å². The van der Waals surface area contributed by atoms with Crippen LogP contribution >= 0.6 is 0 Å². The minimum absolute atomic E-state index is 0.294. The van der Waals surface area contributed by atoms with Crippen molar-refractivity contribution in [2.75, 3.05) is 13.7 Å². The van der Waals surface area contributed by atoms with Gasteiger partial charge >= 0.3 is 5.63 Å². The van der Waals surface area contributed by atoms with E-state index in [1.807, 2.05) is 12.1 Å². The van der Waals surface area contributed by atoms with E-state index in [9.17, 15) is 4.79 Å². The van der Waals surface area contributed by atoms with Crippen molar-refractivity contribution in [1.82, 2.24) is 5.32 Å². The third kappa shape index (κ3) is 2.84. The van der Waals surface area contributed by atoms with E-state index in [2.05, 4.69) is 5.32 Å². The van der Waals surface area contributed by atoms with Gasteiger partial charge in [0.1, 0.15) is 11.3 Å². The Kier molecular flexibility index (Phi) is 3.85. The molecule has 0 unspecified atom stereocenters. The van der Waals surface area contributed by atoms with Crippen molar-refractivity contribution in [1.29, 1.82) is 0 Å². The van der Waals surface area contributed by atoms with Gasteiger partial charge in [-0.15, -0.1) is 0 Å². The third-order valence-corrected chi connectivity index (χ3v) is 7.02. The van der Waals surface area contributed by atoms with Gasteiger partial charge in [-0.2, -0.15) is 0 Å². The van der Waals surface area contributed by atoms with Gasteiger partial charge in [0.15, 0.2) is 0 Å². The Morgan fingerprint density at radius 3 is 2.46 bits per heavy atom. The van der Waals surface area contributed by atoms with Crippen LogP contribution in [0.25, 0.3) is 11.0 Å². The van der Waals surface area contributed by atoms with Gasteiger partial charge in [-0.25, -0.2) is 4.79 Å². The molecule has 2 aromatic rings. The molecule has 4 aliphatic rings. The van der Waals surface area contributed by atoms with E-state index in [1.54, 1.807) is 19.2 Å². The highest BCUT2D eigenvalue weighted by molar-refractivity contribution is 5.81. The Hall–Kier alpha value is -1.81. The summed E-state index contributed by atoms with van der Waals surface area (Å²) in [6.07, 6.45) is 8.64. The number of benzene rings is 1. The zero-order chi connectivity index (χ0) is 17.7. The third-order valence-electron chi connectivity index (χ3n) is 7.02. The van der Waals surface area contributed by atoms with E-state index < -0.39 is 0 Å². The van der Waals surface area contributed by atoms with Crippen LogP contribution in [-0.4, -0.2) is 13.7 Å². The summed E-state index contributed by atoms with van der Waals surface area (Å²) in [5.74, 6) is 3.62. The summed E-state index contributed by atoms with van der Waals surface area (Å²) in [6.45, 7) is 1.80. The van der Waals surface area contributed by atoms with Crippen molar-refractivity contribution in [3.63, 3.8) is 0 Å². The number of fused-ring (bicyclic) bond motifs is 1. The fraction of sp³-hybridized carbons (Fsp3) is 0.591. The Labute approximate surface area is 153 Å². The monoisotopic (exact) mass is 353 g/mol. The van der Waals surface area contributed by atoms with Crippen molar-refractivity contribution in [2.24, 2.45) is 23.2 Å². The maximum atomic E-state index is 12.0. The van der Waals surface area contributed by atoms with Crippen molar-refractivity contribution < 1.29 is 9.15 Å². The lowest BCUT2D eigenvalue weighted by molar-refractivity contribution is -0.0514. The number of hydrogen-bond donors (Lipinski definition) is 1. The molecule has 0 saturated heterocycles. The molecule has 4 bridgehead atoms.